The first-order valence-corrected chi connectivity index (χ1v) is 10.5. The highest BCUT2D eigenvalue weighted by atomic mass is 16.5. The van der Waals surface area contributed by atoms with Gasteiger partial charge >= 0.3 is 12.1 Å². The summed E-state index contributed by atoms with van der Waals surface area (Å²) in [6, 6.07) is 16.3. The van der Waals surface area contributed by atoms with Crippen LogP contribution in [0.3, 0.4) is 0 Å². The van der Waals surface area contributed by atoms with Gasteiger partial charge in [-0.05, 0) is 23.5 Å². The Kier molecular flexibility index (Phi) is 10.2. The minimum Gasteiger partial charge on any atom is -0.480 e. The van der Waals surface area contributed by atoms with Crippen molar-refractivity contribution in [3.05, 3.63) is 71.8 Å². The molecule has 0 radical (unpaired) electrons. The lowest BCUT2D eigenvalue weighted by Gasteiger charge is -2.22. The van der Waals surface area contributed by atoms with Gasteiger partial charge in [-0.15, -0.1) is 0 Å². The van der Waals surface area contributed by atoms with Crippen molar-refractivity contribution < 1.29 is 29.0 Å². The van der Waals surface area contributed by atoms with E-state index in [0.29, 0.717) is 0 Å². The third-order valence-electron chi connectivity index (χ3n) is 4.54. The van der Waals surface area contributed by atoms with Crippen LogP contribution in [0.25, 0.3) is 0 Å². The summed E-state index contributed by atoms with van der Waals surface area (Å²) in [6.07, 6.45) is -0.537. The molecule has 2 unspecified atom stereocenters. The van der Waals surface area contributed by atoms with Gasteiger partial charge in [0.05, 0.1) is 13.2 Å². The second-order valence-corrected chi connectivity index (χ2v) is 7.79. The highest BCUT2D eigenvalue weighted by molar-refractivity contribution is 5.89. The summed E-state index contributed by atoms with van der Waals surface area (Å²) >= 11 is 0. The number of carboxylic acid groups (broad SMARTS) is 1. The fourth-order valence-corrected chi connectivity index (χ4v) is 2.92. The molecular formula is C24H30N2O6. The first-order chi connectivity index (χ1) is 15.3. The molecule has 0 aromatic heterocycles. The van der Waals surface area contributed by atoms with Gasteiger partial charge in [0.25, 0.3) is 0 Å². The topological polar surface area (TPSA) is 114 Å². The van der Waals surface area contributed by atoms with Crippen LogP contribution in [0.2, 0.25) is 0 Å². The van der Waals surface area contributed by atoms with E-state index >= 15 is 0 Å². The highest BCUT2D eigenvalue weighted by Crippen LogP contribution is 2.07. The molecule has 0 aliphatic rings. The predicted octanol–water partition coefficient (Wildman–Crippen LogP) is 3.11. The molecule has 2 rings (SSSR count). The maximum atomic E-state index is 12.8. The molecule has 0 spiro atoms. The van der Waals surface area contributed by atoms with Gasteiger partial charge in [0.1, 0.15) is 18.7 Å². The molecule has 3 N–H and O–H groups in total. The quantitative estimate of drug-likeness (QED) is 0.465. The van der Waals surface area contributed by atoms with Crippen LogP contribution >= 0.6 is 0 Å². The largest absolute Gasteiger partial charge is 0.480 e. The van der Waals surface area contributed by atoms with Crippen molar-refractivity contribution in [1.82, 2.24) is 10.6 Å². The van der Waals surface area contributed by atoms with Crippen LogP contribution in [-0.4, -0.2) is 41.8 Å². The van der Waals surface area contributed by atoms with Gasteiger partial charge in [-0.1, -0.05) is 74.5 Å². The minimum absolute atomic E-state index is 0.0387. The molecule has 0 aliphatic carbocycles. The van der Waals surface area contributed by atoms with Crippen LogP contribution in [0.5, 0.6) is 0 Å². The number of nitrogens with one attached hydrogen (secondary N) is 2. The Morgan fingerprint density at radius 2 is 1.41 bits per heavy atom. The van der Waals surface area contributed by atoms with Crippen LogP contribution in [0.4, 0.5) is 4.79 Å². The first-order valence-electron chi connectivity index (χ1n) is 10.5. The third kappa shape index (κ3) is 9.18. The number of hydrogen-bond acceptors (Lipinski definition) is 5. The number of aliphatic carboxylic acids is 1. The van der Waals surface area contributed by atoms with Gasteiger partial charge < -0.3 is 25.2 Å². The lowest BCUT2D eigenvalue weighted by atomic mass is 10.0. The van der Waals surface area contributed by atoms with Crippen LogP contribution < -0.4 is 10.6 Å². The lowest BCUT2D eigenvalue weighted by Crippen LogP contribution is -2.53. The normalized spacial score (nSPS) is 12.6. The van der Waals surface area contributed by atoms with E-state index in [0.717, 1.165) is 11.1 Å². The number of amides is 2. The smallest absolute Gasteiger partial charge is 0.408 e. The molecule has 2 amide bonds. The van der Waals surface area contributed by atoms with Crippen LogP contribution in [0.1, 0.15) is 31.4 Å². The van der Waals surface area contributed by atoms with E-state index in [1.54, 1.807) is 0 Å². The first kappa shape index (κ1) is 24.9. The van der Waals surface area contributed by atoms with E-state index < -0.39 is 30.1 Å². The molecule has 8 nitrogen and oxygen atoms in total. The Bertz CT molecular complexity index is 857. The number of ether oxygens (including phenoxy) is 2. The summed E-state index contributed by atoms with van der Waals surface area (Å²) in [7, 11) is 0. The maximum absolute atomic E-state index is 12.8. The van der Waals surface area contributed by atoms with Gasteiger partial charge in [-0.2, -0.15) is 0 Å². The maximum Gasteiger partial charge on any atom is 0.408 e. The van der Waals surface area contributed by atoms with Crippen molar-refractivity contribution in [3.8, 4) is 0 Å². The zero-order valence-corrected chi connectivity index (χ0v) is 18.3. The van der Waals surface area contributed by atoms with Gasteiger partial charge in [0.15, 0.2) is 0 Å². The molecule has 2 aromatic rings. The van der Waals surface area contributed by atoms with E-state index in [1.165, 1.54) is 0 Å². The van der Waals surface area contributed by atoms with Crippen molar-refractivity contribution in [2.75, 3.05) is 6.61 Å². The van der Waals surface area contributed by atoms with Crippen molar-refractivity contribution in [2.45, 2.75) is 45.6 Å². The minimum atomic E-state index is -1.14. The molecule has 0 heterocycles. The van der Waals surface area contributed by atoms with Crippen molar-refractivity contribution in [1.29, 1.82) is 0 Å². The van der Waals surface area contributed by atoms with Crippen LogP contribution in [0.15, 0.2) is 60.7 Å². The Morgan fingerprint density at radius 3 is 1.94 bits per heavy atom. The Balaban J connectivity index is 1.98. The molecule has 2 aromatic carbocycles. The number of alkyl carbamates (subject to hydrolysis) is 1. The predicted molar refractivity (Wildman–Crippen MR) is 119 cm³/mol. The summed E-state index contributed by atoms with van der Waals surface area (Å²) in [6.45, 7) is 3.86. The van der Waals surface area contributed by atoms with Crippen molar-refractivity contribution in [3.63, 3.8) is 0 Å². The number of carbonyl (C=O) groups excluding carboxylic acids is 2. The van der Waals surface area contributed by atoms with Gasteiger partial charge in [-0.25, -0.2) is 9.59 Å². The molecule has 172 valence electrons. The lowest BCUT2D eigenvalue weighted by molar-refractivity contribution is -0.142. The van der Waals surface area contributed by atoms with Gasteiger partial charge in [0, 0.05) is 0 Å². The molecule has 0 aliphatic heterocycles. The molecular weight excluding hydrogens is 412 g/mol. The number of benzene rings is 2. The number of carboxylic acids is 1. The average Bonchev–Trinajstić information content (AvgIpc) is 2.77. The van der Waals surface area contributed by atoms with Gasteiger partial charge in [0.2, 0.25) is 5.91 Å². The zero-order valence-electron chi connectivity index (χ0n) is 18.3. The van der Waals surface area contributed by atoms with E-state index in [1.807, 2.05) is 74.5 Å². The SMILES string of the molecule is CC(C)CC(NC(=O)C(COCc1ccccc1)NC(=O)OCc1ccccc1)C(=O)O. The van der Waals surface area contributed by atoms with Crippen molar-refractivity contribution >= 4 is 18.0 Å². The Labute approximate surface area is 187 Å². The van der Waals surface area contributed by atoms with Crippen molar-refractivity contribution in [2.24, 2.45) is 5.92 Å². The summed E-state index contributed by atoms with van der Waals surface area (Å²) in [5, 5.41) is 14.4. The van der Waals surface area contributed by atoms with E-state index in [4.69, 9.17) is 9.47 Å². The number of hydrogen-bond donors (Lipinski definition) is 3. The molecule has 0 fully saturated rings. The third-order valence-corrected chi connectivity index (χ3v) is 4.54. The average molecular weight is 443 g/mol. The molecule has 0 saturated heterocycles. The van der Waals surface area contributed by atoms with E-state index in [2.05, 4.69) is 10.6 Å². The molecule has 0 saturated carbocycles. The number of carbonyl (C=O) groups is 3. The highest BCUT2D eigenvalue weighted by Gasteiger charge is 2.27. The Morgan fingerprint density at radius 1 is 0.844 bits per heavy atom. The zero-order chi connectivity index (χ0) is 23.3. The summed E-state index contributed by atoms with van der Waals surface area (Å²) in [4.78, 5) is 36.6. The van der Waals surface area contributed by atoms with E-state index in [9.17, 15) is 19.5 Å². The molecule has 0 bridgehead atoms. The summed E-state index contributed by atoms with van der Waals surface area (Å²) in [5.74, 6) is -1.72. The standard InChI is InChI=1S/C24H30N2O6/c1-17(2)13-20(23(28)29)25-22(27)21(16-31-14-18-9-5-3-6-10-18)26-24(30)32-15-19-11-7-4-8-12-19/h3-12,17,20-21H,13-16H2,1-2H3,(H,25,27)(H,26,30)(H,28,29). The Hall–Kier alpha value is -3.39. The molecule has 8 heteroatoms. The summed E-state index contributed by atoms with van der Waals surface area (Å²) < 4.78 is 10.8. The fraction of sp³-hybridized carbons (Fsp3) is 0.375. The fourth-order valence-electron chi connectivity index (χ4n) is 2.92. The summed E-state index contributed by atoms with van der Waals surface area (Å²) in [5.41, 5.74) is 1.70. The second-order valence-electron chi connectivity index (χ2n) is 7.79. The number of rotatable bonds is 12. The van der Waals surface area contributed by atoms with Crippen LogP contribution in [0, 0.1) is 5.92 Å². The van der Waals surface area contributed by atoms with Gasteiger partial charge in [-0.3, -0.25) is 4.79 Å². The monoisotopic (exact) mass is 442 g/mol. The molecule has 32 heavy (non-hydrogen) atoms. The van der Waals surface area contributed by atoms with Crippen LogP contribution in [-0.2, 0) is 32.3 Å². The molecule has 2 atom stereocenters. The van der Waals surface area contributed by atoms with E-state index in [-0.39, 0.29) is 32.2 Å². The second kappa shape index (κ2) is 13.1.